The number of carboxylic acid groups (broad SMARTS) is 1. The lowest BCUT2D eigenvalue weighted by Gasteiger charge is -2.21. The first kappa shape index (κ1) is 15.3. The minimum Gasteiger partial charge on any atom is -0.480 e. The smallest absolute Gasteiger partial charge is 0.321 e. The van der Waals surface area contributed by atoms with Crippen molar-refractivity contribution in [3.63, 3.8) is 0 Å². The molecule has 0 heterocycles. The second-order valence-electron chi connectivity index (χ2n) is 3.39. The van der Waals surface area contributed by atoms with Crippen LogP contribution >= 0.6 is 0 Å². The van der Waals surface area contributed by atoms with Crippen LogP contribution in [0, 0.1) is 0 Å². The maximum Gasteiger partial charge on any atom is 0.321 e. The zero-order chi connectivity index (χ0) is 12.8. The van der Waals surface area contributed by atoms with Gasteiger partial charge in [0.1, 0.15) is 6.04 Å². The average Bonchev–Trinajstić information content (AvgIpc) is 2.18. The molecule has 0 spiro atoms. The molecule has 0 unspecified atom stereocenters. The van der Waals surface area contributed by atoms with Crippen LogP contribution in [-0.4, -0.2) is 42.9 Å². The summed E-state index contributed by atoms with van der Waals surface area (Å²) in [6.45, 7) is 5.87. The fourth-order valence-electron chi connectivity index (χ4n) is 1.34. The van der Waals surface area contributed by atoms with E-state index in [0.717, 1.165) is 0 Å². The van der Waals surface area contributed by atoms with Crippen LogP contribution in [-0.2, 0) is 15.0 Å². The minimum atomic E-state index is -3.69. The van der Waals surface area contributed by atoms with Gasteiger partial charge in [0.05, 0.1) is 0 Å². The quantitative estimate of drug-likeness (QED) is 0.655. The molecule has 7 heteroatoms. The Morgan fingerprint density at radius 3 is 2.12 bits per heavy atom. The van der Waals surface area contributed by atoms with Gasteiger partial charge in [-0.2, -0.15) is 17.4 Å². The Hall–Kier alpha value is -0.660. The summed E-state index contributed by atoms with van der Waals surface area (Å²) < 4.78 is 26.9. The number of hydrogen-bond acceptors (Lipinski definition) is 3. The molecule has 0 aliphatic rings. The first-order valence-corrected chi connectivity index (χ1v) is 6.83. The number of nitrogens with one attached hydrogen (secondary N) is 1. The summed E-state index contributed by atoms with van der Waals surface area (Å²) in [4.78, 5) is 10.8. The molecule has 0 amide bonds. The van der Waals surface area contributed by atoms with E-state index in [0.29, 0.717) is 19.5 Å². The third-order valence-corrected chi connectivity index (χ3v) is 3.99. The van der Waals surface area contributed by atoms with E-state index < -0.39 is 22.2 Å². The predicted octanol–water partition coefficient (Wildman–Crippen LogP) is 0.416. The van der Waals surface area contributed by atoms with Gasteiger partial charge >= 0.3 is 5.97 Å². The Balaban J connectivity index is 4.71. The lowest BCUT2D eigenvalue weighted by atomic mass is 10.2. The van der Waals surface area contributed by atoms with E-state index >= 15 is 0 Å². The average molecular weight is 252 g/mol. The molecule has 0 bridgehead atoms. The molecule has 0 saturated heterocycles. The van der Waals surface area contributed by atoms with Crippen molar-refractivity contribution in [3.05, 3.63) is 0 Å². The second-order valence-corrected chi connectivity index (χ2v) is 5.09. The maximum absolute atomic E-state index is 11.7. The normalized spacial score (nSPS) is 14.0. The molecule has 0 aromatic carbocycles. The second kappa shape index (κ2) is 6.82. The molecule has 0 aromatic rings. The SMILES string of the molecule is CCC[C@H](NS(=O)(=O)N(CC)CC)C(=O)O. The fraction of sp³-hybridized carbons (Fsp3) is 0.889. The molecule has 2 N–H and O–H groups in total. The Kier molecular flexibility index (Phi) is 6.54. The zero-order valence-corrected chi connectivity index (χ0v) is 10.7. The summed E-state index contributed by atoms with van der Waals surface area (Å²) in [5.41, 5.74) is 0. The van der Waals surface area contributed by atoms with Gasteiger partial charge in [0.15, 0.2) is 0 Å². The van der Waals surface area contributed by atoms with E-state index in [1.807, 2.05) is 6.92 Å². The van der Waals surface area contributed by atoms with Gasteiger partial charge in [-0.3, -0.25) is 4.79 Å². The molecular formula is C9H20N2O4S. The monoisotopic (exact) mass is 252 g/mol. The van der Waals surface area contributed by atoms with Crippen molar-refractivity contribution < 1.29 is 18.3 Å². The van der Waals surface area contributed by atoms with Crippen LogP contribution in [0.15, 0.2) is 0 Å². The summed E-state index contributed by atoms with van der Waals surface area (Å²) in [5, 5.41) is 8.85. The topological polar surface area (TPSA) is 86.7 Å². The predicted molar refractivity (Wildman–Crippen MR) is 61.3 cm³/mol. The molecule has 0 aromatic heterocycles. The van der Waals surface area contributed by atoms with E-state index in [2.05, 4.69) is 4.72 Å². The van der Waals surface area contributed by atoms with Gasteiger partial charge in [0.2, 0.25) is 0 Å². The number of carbonyl (C=O) groups is 1. The van der Waals surface area contributed by atoms with Crippen molar-refractivity contribution in [2.24, 2.45) is 0 Å². The maximum atomic E-state index is 11.7. The highest BCUT2D eigenvalue weighted by atomic mass is 32.2. The molecule has 6 nitrogen and oxygen atoms in total. The van der Waals surface area contributed by atoms with E-state index in [1.165, 1.54) is 4.31 Å². The Labute approximate surface area is 96.8 Å². The molecule has 0 aliphatic carbocycles. The highest BCUT2D eigenvalue weighted by Gasteiger charge is 2.26. The Morgan fingerprint density at radius 2 is 1.81 bits per heavy atom. The van der Waals surface area contributed by atoms with Crippen molar-refractivity contribution in [2.45, 2.75) is 39.7 Å². The highest BCUT2D eigenvalue weighted by Crippen LogP contribution is 2.03. The third kappa shape index (κ3) is 4.46. The number of rotatable bonds is 8. The number of aliphatic carboxylic acids is 1. The van der Waals surface area contributed by atoms with Crippen molar-refractivity contribution in [2.75, 3.05) is 13.1 Å². The van der Waals surface area contributed by atoms with Gasteiger partial charge in [-0.15, -0.1) is 0 Å². The Morgan fingerprint density at radius 1 is 1.31 bits per heavy atom. The largest absolute Gasteiger partial charge is 0.480 e. The van der Waals surface area contributed by atoms with E-state index in [4.69, 9.17) is 5.11 Å². The summed E-state index contributed by atoms with van der Waals surface area (Å²) in [6, 6.07) is -1.05. The lowest BCUT2D eigenvalue weighted by molar-refractivity contribution is -0.139. The Bertz CT molecular complexity index is 311. The van der Waals surface area contributed by atoms with Crippen LogP contribution in [0.5, 0.6) is 0 Å². The van der Waals surface area contributed by atoms with Crippen molar-refractivity contribution in [1.29, 1.82) is 0 Å². The van der Waals surface area contributed by atoms with E-state index in [1.54, 1.807) is 13.8 Å². The van der Waals surface area contributed by atoms with Crippen LogP contribution in [0.4, 0.5) is 0 Å². The number of carboxylic acids is 1. The van der Waals surface area contributed by atoms with Crippen LogP contribution in [0.25, 0.3) is 0 Å². The van der Waals surface area contributed by atoms with E-state index in [9.17, 15) is 13.2 Å². The van der Waals surface area contributed by atoms with Gasteiger partial charge in [0.25, 0.3) is 10.2 Å². The first-order chi connectivity index (χ1) is 7.38. The van der Waals surface area contributed by atoms with Crippen molar-refractivity contribution >= 4 is 16.2 Å². The summed E-state index contributed by atoms with van der Waals surface area (Å²) in [6.07, 6.45) is 0.896. The number of nitrogens with zero attached hydrogens (tertiary/aromatic N) is 1. The van der Waals surface area contributed by atoms with Crippen molar-refractivity contribution in [1.82, 2.24) is 9.03 Å². The van der Waals surface area contributed by atoms with E-state index in [-0.39, 0.29) is 6.42 Å². The van der Waals surface area contributed by atoms with Gasteiger partial charge in [0, 0.05) is 13.1 Å². The van der Waals surface area contributed by atoms with Gasteiger partial charge < -0.3 is 5.11 Å². The zero-order valence-electron chi connectivity index (χ0n) is 9.93. The molecule has 0 aliphatic heterocycles. The lowest BCUT2D eigenvalue weighted by Crippen LogP contribution is -2.48. The minimum absolute atomic E-state index is 0.288. The summed E-state index contributed by atoms with van der Waals surface area (Å²) >= 11 is 0. The molecule has 0 rings (SSSR count). The molecule has 16 heavy (non-hydrogen) atoms. The van der Waals surface area contributed by atoms with Crippen molar-refractivity contribution in [3.8, 4) is 0 Å². The molecule has 0 fully saturated rings. The van der Waals surface area contributed by atoms with Gasteiger partial charge in [-0.05, 0) is 6.42 Å². The highest BCUT2D eigenvalue weighted by molar-refractivity contribution is 7.87. The van der Waals surface area contributed by atoms with Gasteiger partial charge in [-0.1, -0.05) is 27.2 Å². The standard InChI is InChI=1S/C9H20N2O4S/c1-4-7-8(9(12)13)10-16(14,15)11(5-2)6-3/h8,10H,4-7H2,1-3H3,(H,12,13)/t8-/m0/s1. The molecule has 1 atom stereocenters. The van der Waals surface area contributed by atoms with Gasteiger partial charge in [-0.25, -0.2) is 0 Å². The molecule has 0 saturated carbocycles. The molecular weight excluding hydrogens is 232 g/mol. The van der Waals surface area contributed by atoms with Crippen LogP contribution in [0.3, 0.4) is 0 Å². The van der Waals surface area contributed by atoms with Crippen LogP contribution < -0.4 is 4.72 Å². The fourth-order valence-corrected chi connectivity index (χ4v) is 2.75. The summed E-state index contributed by atoms with van der Waals surface area (Å²) in [5.74, 6) is -1.14. The number of hydrogen-bond donors (Lipinski definition) is 2. The summed E-state index contributed by atoms with van der Waals surface area (Å²) in [7, 11) is -3.69. The third-order valence-electron chi connectivity index (χ3n) is 2.21. The van der Waals surface area contributed by atoms with Crippen LogP contribution in [0.2, 0.25) is 0 Å². The molecule has 0 radical (unpaired) electrons. The first-order valence-electron chi connectivity index (χ1n) is 5.39. The molecule has 96 valence electrons. The van der Waals surface area contributed by atoms with Crippen LogP contribution in [0.1, 0.15) is 33.6 Å².